The van der Waals surface area contributed by atoms with Crippen molar-refractivity contribution in [3.05, 3.63) is 43.8 Å². The van der Waals surface area contributed by atoms with Gasteiger partial charge in [0.2, 0.25) is 0 Å². The minimum absolute atomic E-state index is 0.0612. The van der Waals surface area contributed by atoms with Gasteiger partial charge in [-0.2, -0.15) is 5.26 Å². The second-order valence-electron chi connectivity index (χ2n) is 7.40. The number of nitriles is 1. The third-order valence-corrected chi connectivity index (χ3v) is 6.32. The van der Waals surface area contributed by atoms with Gasteiger partial charge in [-0.25, -0.2) is 4.79 Å². The first kappa shape index (κ1) is 24.0. The number of nitrogens with one attached hydrogen (secondary N) is 1. The van der Waals surface area contributed by atoms with Crippen LogP contribution in [0.2, 0.25) is 0 Å². The van der Waals surface area contributed by atoms with E-state index in [9.17, 15) is 19.5 Å². The number of amides is 1. The lowest BCUT2D eigenvalue weighted by atomic mass is 10.3. The molecular weight excluding hydrogens is 446 g/mol. The zero-order valence-corrected chi connectivity index (χ0v) is 19.2. The third-order valence-electron chi connectivity index (χ3n) is 5.19. The summed E-state index contributed by atoms with van der Waals surface area (Å²) >= 11 is 0.932. The van der Waals surface area contributed by atoms with Crippen LogP contribution in [0.4, 0.5) is 5.69 Å². The van der Waals surface area contributed by atoms with E-state index in [1.807, 2.05) is 7.05 Å². The highest BCUT2D eigenvalue weighted by Crippen LogP contribution is 2.17. The molecule has 2 N–H and O–H groups in total. The smallest absolute Gasteiger partial charge is 0.349 e. The Hall–Kier alpha value is -3.62. The third kappa shape index (κ3) is 5.79. The summed E-state index contributed by atoms with van der Waals surface area (Å²) in [6.07, 6.45) is 1.47. The first-order chi connectivity index (χ1) is 15.8. The van der Waals surface area contributed by atoms with Gasteiger partial charge >= 0.3 is 5.97 Å². The Bertz CT molecular complexity index is 1250. The van der Waals surface area contributed by atoms with Crippen molar-refractivity contribution in [2.24, 2.45) is 0 Å². The molecule has 0 spiro atoms. The fourth-order valence-electron chi connectivity index (χ4n) is 3.30. The molecule has 2 aromatic rings. The lowest BCUT2D eigenvalue weighted by Crippen LogP contribution is -2.48. The first-order valence-corrected chi connectivity index (χ1v) is 11.2. The fourth-order valence-corrected chi connectivity index (χ4v) is 4.38. The second-order valence-corrected chi connectivity index (χ2v) is 8.43. The van der Waals surface area contributed by atoms with Gasteiger partial charge in [0.1, 0.15) is 21.0 Å². The summed E-state index contributed by atoms with van der Waals surface area (Å²) in [4.78, 5) is 40.3. The molecule has 0 radical (unpaired) electrons. The quantitative estimate of drug-likeness (QED) is 0.563. The van der Waals surface area contributed by atoms with E-state index in [2.05, 4.69) is 10.2 Å². The van der Waals surface area contributed by atoms with Gasteiger partial charge in [0.15, 0.2) is 12.2 Å². The average Bonchev–Trinajstić information content (AvgIpc) is 3.12. The number of hydrogen-bond acceptors (Lipinski definition) is 8. The Balaban J connectivity index is 1.74. The van der Waals surface area contributed by atoms with E-state index in [0.29, 0.717) is 24.5 Å². The molecule has 1 aliphatic heterocycles. The van der Waals surface area contributed by atoms with Gasteiger partial charge in [0.25, 0.3) is 11.5 Å². The Morgan fingerprint density at radius 1 is 1.30 bits per heavy atom. The molecular formula is C22H25N5O5S. The molecule has 1 aromatic heterocycles. The van der Waals surface area contributed by atoms with Crippen LogP contribution in [0, 0.1) is 11.3 Å². The van der Waals surface area contributed by atoms with Crippen LogP contribution in [0.5, 0.6) is 5.75 Å². The number of piperazine rings is 1. The molecule has 0 unspecified atom stereocenters. The van der Waals surface area contributed by atoms with Crippen molar-refractivity contribution in [1.82, 2.24) is 14.4 Å². The number of carboxylic acid groups (broad SMARTS) is 1. The number of rotatable bonds is 7. The lowest BCUT2D eigenvalue weighted by Gasteiger charge is -2.32. The number of carboxylic acids is 1. The summed E-state index contributed by atoms with van der Waals surface area (Å²) in [7, 11) is 2.02. The molecule has 3 rings (SSSR count). The van der Waals surface area contributed by atoms with Crippen molar-refractivity contribution in [1.29, 1.82) is 5.26 Å². The van der Waals surface area contributed by atoms with Gasteiger partial charge in [-0.3, -0.25) is 14.2 Å². The van der Waals surface area contributed by atoms with E-state index in [1.54, 1.807) is 42.2 Å². The molecule has 1 fully saturated rings. The Kier molecular flexibility index (Phi) is 7.87. The molecule has 10 nitrogen and oxygen atoms in total. The number of nitrogens with zero attached hydrogens (tertiary/aromatic N) is 4. The number of carbonyl (C=O) groups is 2. The highest BCUT2D eigenvalue weighted by molar-refractivity contribution is 7.07. The maximum absolute atomic E-state index is 12.6. The maximum atomic E-state index is 12.6. The molecule has 0 aliphatic carbocycles. The SMILES string of the molecule is CCn1c(=C(C#N)C(=O)O)sc(=CNc2cccc(OCC(=O)N3CCN(C)CC3)c2)c1=O. The van der Waals surface area contributed by atoms with Gasteiger partial charge in [-0.05, 0) is 26.1 Å². The summed E-state index contributed by atoms with van der Waals surface area (Å²) in [5.41, 5.74) is -0.233. The molecule has 0 atom stereocenters. The zero-order chi connectivity index (χ0) is 24.0. The normalized spacial score (nSPS) is 15.7. The number of carbonyl (C=O) groups excluding carboxylic acids is 1. The molecule has 1 aromatic carbocycles. The Morgan fingerprint density at radius 3 is 2.67 bits per heavy atom. The van der Waals surface area contributed by atoms with Gasteiger partial charge in [-0.15, -0.1) is 11.3 Å². The van der Waals surface area contributed by atoms with Gasteiger partial charge < -0.3 is 25.0 Å². The minimum Gasteiger partial charge on any atom is -0.484 e. The van der Waals surface area contributed by atoms with E-state index in [-0.39, 0.29) is 33.8 Å². The van der Waals surface area contributed by atoms with Crippen LogP contribution in [0.15, 0.2) is 29.1 Å². The Labute approximate surface area is 194 Å². The zero-order valence-electron chi connectivity index (χ0n) is 18.4. The predicted molar refractivity (Wildman–Crippen MR) is 124 cm³/mol. The predicted octanol–water partition coefficient (Wildman–Crippen LogP) is -0.309. The number of aromatic nitrogens is 1. The van der Waals surface area contributed by atoms with Crippen LogP contribution >= 0.6 is 11.3 Å². The van der Waals surface area contributed by atoms with Crippen molar-refractivity contribution in [2.75, 3.05) is 45.2 Å². The molecule has 174 valence electrons. The minimum atomic E-state index is -1.38. The van der Waals surface area contributed by atoms with Crippen LogP contribution in [-0.2, 0) is 16.1 Å². The van der Waals surface area contributed by atoms with Crippen LogP contribution in [0.3, 0.4) is 0 Å². The van der Waals surface area contributed by atoms with Crippen LogP contribution in [0.25, 0.3) is 11.8 Å². The molecule has 1 amide bonds. The Morgan fingerprint density at radius 2 is 2.03 bits per heavy atom. The topological polar surface area (TPSA) is 128 Å². The molecule has 0 saturated carbocycles. The molecule has 11 heteroatoms. The van der Waals surface area contributed by atoms with Gasteiger partial charge in [0, 0.05) is 50.7 Å². The molecule has 1 saturated heterocycles. The van der Waals surface area contributed by atoms with Gasteiger partial charge in [0.05, 0.1) is 0 Å². The monoisotopic (exact) mass is 471 g/mol. The molecule has 2 heterocycles. The lowest BCUT2D eigenvalue weighted by molar-refractivity contribution is -0.135. The van der Waals surface area contributed by atoms with Gasteiger partial charge in [-0.1, -0.05) is 6.07 Å². The number of anilines is 1. The van der Waals surface area contributed by atoms with Crippen molar-refractivity contribution >= 4 is 40.7 Å². The number of thiazole rings is 1. The number of benzene rings is 1. The molecule has 0 bridgehead atoms. The summed E-state index contributed by atoms with van der Waals surface area (Å²) in [6.45, 7) is 4.92. The second kappa shape index (κ2) is 10.8. The van der Waals surface area contributed by atoms with E-state index < -0.39 is 11.5 Å². The fraction of sp³-hybridized carbons (Fsp3) is 0.364. The van der Waals surface area contributed by atoms with Crippen LogP contribution in [-0.4, -0.2) is 71.2 Å². The molecule has 1 aliphatic rings. The summed E-state index contributed by atoms with van der Waals surface area (Å²) in [5.74, 6) is -0.946. The highest BCUT2D eigenvalue weighted by atomic mass is 32.1. The van der Waals surface area contributed by atoms with Crippen molar-refractivity contribution in [3.8, 4) is 11.8 Å². The van der Waals surface area contributed by atoms with Crippen molar-refractivity contribution in [2.45, 2.75) is 13.5 Å². The standard InChI is InChI=1S/C22H25N5O5S/c1-3-27-20(29)18(33-21(27)17(12-23)22(30)31)13-24-15-5-4-6-16(11-15)32-14-19(28)26-9-7-25(2)8-10-26/h4-6,11,13,24H,3,7-10,14H2,1-2H3,(H,30,31). The highest BCUT2D eigenvalue weighted by Gasteiger charge is 2.19. The van der Waals surface area contributed by atoms with Crippen molar-refractivity contribution in [3.63, 3.8) is 0 Å². The average molecular weight is 472 g/mol. The maximum Gasteiger partial charge on any atom is 0.349 e. The van der Waals surface area contributed by atoms with Crippen molar-refractivity contribution < 1.29 is 19.4 Å². The van der Waals surface area contributed by atoms with Crippen LogP contribution in [0.1, 0.15) is 6.92 Å². The first-order valence-electron chi connectivity index (χ1n) is 10.4. The summed E-state index contributed by atoms with van der Waals surface area (Å²) < 4.78 is 7.27. The summed E-state index contributed by atoms with van der Waals surface area (Å²) in [6, 6.07) is 8.60. The van der Waals surface area contributed by atoms with Crippen LogP contribution < -0.4 is 24.8 Å². The summed E-state index contributed by atoms with van der Waals surface area (Å²) in [5, 5.41) is 21.4. The largest absolute Gasteiger partial charge is 0.484 e. The number of aliphatic carboxylic acids is 1. The molecule has 33 heavy (non-hydrogen) atoms. The van der Waals surface area contributed by atoms with E-state index in [0.717, 1.165) is 24.4 Å². The van der Waals surface area contributed by atoms with E-state index in [4.69, 9.17) is 10.00 Å². The number of likely N-dealkylation sites (N-methyl/N-ethyl adjacent to an activating group) is 1. The van der Waals surface area contributed by atoms with E-state index >= 15 is 0 Å². The number of ether oxygens (including phenoxy) is 1. The number of hydrogen-bond donors (Lipinski definition) is 2. The van der Waals surface area contributed by atoms with E-state index in [1.165, 1.54) is 10.8 Å².